The maximum absolute atomic E-state index is 5.43. The van der Waals surface area contributed by atoms with E-state index in [0.717, 1.165) is 0 Å². The average molecular weight is 177 g/mol. The molecular weight excluding hydrogens is 170 g/mol. The van der Waals surface area contributed by atoms with E-state index in [1.165, 1.54) is 0 Å². The van der Waals surface area contributed by atoms with E-state index in [1.807, 2.05) is 0 Å². The molecule has 0 atom stereocenters. The van der Waals surface area contributed by atoms with Crippen molar-refractivity contribution in [3.05, 3.63) is 0 Å². The van der Waals surface area contributed by atoms with E-state index in [0.29, 0.717) is 6.61 Å². The first kappa shape index (κ1) is 8.83. The minimum atomic E-state index is -1.20. The molecule has 0 fully saturated rings. The van der Waals surface area contributed by atoms with Crippen LogP contribution in [0.2, 0.25) is 0 Å². The molecule has 0 heterocycles. The van der Waals surface area contributed by atoms with Crippen molar-refractivity contribution in [2.45, 2.75) is 11.4 Å². The molecule has 0 saturated carbocycles. The van der Waals surface area contributed by atoms with Crippen LogP contribution < -0.4 is 0 Å². The van der Waals surface area contributed by atoms with Crippen molar-refractivity contribution in [1.82, 2.24) is 0 Å². The smallest absolute Gasteiger partial charge is 0.231 e. The van der Waals surface area contributed by atoms with Gasteiger partial charge in [0.2, 0.25) is 4.52 Å². The summed E-state index contributed by atoms with van der Waals surface area (Å²) in [6, 6.07) is 0. The molecule has 0 radical (unpaired) electrons. The molecule has 0 saturated heterocycles. The second kappa shape index (κ2) is 3.78. The molecule has 0 spiro atoms. The fourth-order valence-corrected chi connectivity index (χ4v) is 0.545. The molecule has 0 aromatic carbocycles. The third kappa shape index (κ3) is 3.79. The van der Waals surface area contributed by atoms with E-state index in [9.17, 15) is 0 Å². The Kier molecular flexibility index (Phi) is 4.17. The zero-order chi connectivity index (χ0) is 6.62. The van der Waals surface area contributed by atoms with Gasteiger partial charge in [-0.1, -0.05) is 23.2 Å². The highest BCUT2D eigenvalue weighted by Gasteiger charge is 2.21. The van der Waals surface area contributed by atoms with Gasteiger partial charge in [0.25, 0.3) is 0 Å². The van der Waals surface area contributed by atoms with E-state index < -0.39 is 4.52 Å². The first-order chi connectivity index (χ1) is 3.62. The molecule has 0 aliphatic carbocycles. The van der Waals surface area contributed by atoms with E-state index >= 15 is 0 Å². The Balaban J connectivity index is 3.37. The summed E-state index contributed by atoms with van der Waals surface area (Å²) in [5.74, 6) is 0.0873. The van der Waals surface area contributed by atoms with Crippen LogP contribution in [0.1, 0.15) is 6.92 Å². The Labute approximate surface area is 63.9 Å². The monoisotopic (exact) mass is 176 g/mol. The van der Waals surface area contributed by atoms with Gasteiger partial charge in [0.15, 0.2) is 0 Å². The summed E-state index contributed by atoms with van der Waals surface area (Å²) in [5, 5.41) is 0. The zero-order valence-electron chi connectivity index (χ0n) is 4.46. The van der Waals surface area contributed by atoms with Gasteiger partial charge in [-0.25, -0.2) is 0 Å². The van der Waals surface area contributed by atoms with Crippen LogP contribution in [0.15, 0.2) is 0 Å². The minimum Gasteiger partial charge on any atom is -0.346 e. The second-order valence-electron chi connectivity index (χ2n) is 1.20. The van der Waals surface area contributed by atoms with Gasteiger partial charge in [0, 0.05) is 6.61 Å². The Bertz CT molecular complexity index is 64.3. The van der Waals surface area contributed by atoms with E-state index in [1.54, 1.807) is 6.92 Å². The van der Waals surface area contributed by atoms with Crippen molar-refractivity contribution in [2.75, 3.05) is 12.5 Å². The molecule has 0 rings (SSSR count). The fourth-order valence-electron chi connectivity index (χ4n) is 0.250. The third-order valence-electron chi connectivity index (χ3n) is 0.511. The van der Waals surface area contributed by atoms with Crippen LogP contribution >= 0.6 is 34.8 Å². The Morgan fingerprint density at radius 2 is 2.00 bits per heavy atom. The average Bonchev–Trinajstić information content (AvgIpc) is 1.67. The number of alkyl halides is 3. The van der Waals surface area contributed by atoms with Gasteiger partial charge in [0.05, 0.1) is 5.88 Å². The van der Waals surface area contributed by atoms with Gasteiger partial charge in [-0.15, -0.1) is 11.6 Å². The molecule has 4 heteroatoms. The first-order valence-corrected chi connectivity index (χ1v) is 3.49. The standard InChI is InChI=1S/C4H7Cl3O/c1-2-8-4(6,7)3-5/h2-3H2,1H3. The first-order valence-electron chi connectivity index (χ1n) is 2.20. The number of rotatable bonds is 3. The summed E-state index contributed by atoms with van der Waals surface area (Å²) in [6.45, 7) is 2.27. The molecule has 50 valence electrons. The lowest BCUT2D eigenvalue weighted by molar-refractivity contribution is 0.105. The Morgan fingerprint density at radius 3 is 2.12 bits per heavy atom. The molecule has 0 bridgehead atoms. The van der Waals surface area contributed by atoms with Crippen LogP contribution in [0.5, 0.6) is 0 Å². The van der Waals surface area contributed by atoms with Crippen LogP contribution in [0.3, 0.4) is 0 Å². The van der Waals surface area contributed by atoms with E-state index in [4.69, 9.17) is 39.5 Å². The van der Waals surface area contributed by atoms with Crippen LogP contribution in [0, 0.1) is 0 Å². The van der Waals surface area contributed by atoms with Crippen LogP contribution in [0.4, 0.5) is 0 Å². The molecule has 0 aliphatic heterocycles. The summed E-state index contributed by atoms with van der Waals surface area (Å²) in [4.78, 5) is 0. The van der Waals surface area contributed by atoms with Gasteiger partial charge in [-0.3, -0.25) is 0 Å². The quantitative estimate of drug-likeness (QED) is 0.602. The van der Waals surface area contributed by atoms with Gasteiger partial charge in [-0.2, -0.15) is 0 Å². The zero-order valence-corrected chi connectivity index (χ0v) is 6.72. The van der Waals surface area contributed by atoms with Crippen molar-refractivity contribution in [2.24, 2.45) is 0 Å². The van der Waals surface area contributed by atoms with Gasteiger partial charge < -0.3 is 4.74 Å². The normalized spacial score (nSPS) is 12.0. The topological polar surface area (TPSA) is 9.23 Å². The van der Waals surface area contributed by atoms with Crippen LogP contribution in [0.25, 0.3) is 0 Å². The molecule has 1 nitrogen and oxygen atoms in total. The minimum absolute atomic E-state index is 0.0873. The van der Waals surface area contributed by atoms with Crippen LogP contribution in [-0.2, 0) is 4.74 Å². The van der Waals surface area contributed by atoms with Crippen molar-refractivity contribution >= 4 is 34.8 Å². The number of ether oxygens (including phenoxy) is 1. The maximum atomic E-state index is 5.43. The maximum Gasteiger partial charge on any atom is 0.231 e. The SMILES string of the molecule is CCOC(Cl)(Cl)CCl. The number of hydrogen-bond donors (Lipinski definition) is 0. The Hall–Kier alpha value is 0.830. The third-order valence-corrected chi connectivity index (χ3v) is 1.65. The van der Waals surface area contributed by atoms with Crippen molar-refractivity contribution in [3.8, 4) is 0 Å². The van der Waals surface area contributed by atoms with Gasteiger partial charge in [-0.05, 0) is 6.92 Å². The fraction of sp³-hybridized carbons (Fsp3) is 1.00. The Morgan fingerprint density at radius 1 is 1.50 bits per heavy atom. The molecule has 0 unspecified atom stereocenters. The van der Waals surface area contributed by atoms with Gasteiger partial charge >= 0.3 is 0 Å². The lowest BCUT2D eigenvalue weighted by Crippen LogP contribution is -2.19. The number of hydrogen-bond acceptors (Lipinski definition) is 1. The van der Waals surface area contributed by atoms with Crippen molar-refractivity contribution < 1.29 is 4.74 Å². The summed E-state index contributed by atoms with van der Waals surface area (Å²) in [6.07, 6.45) is 0. The van der Waals surface area contributed by atoms with E-state index in [2.05, 4.69) is 0 Å². The summed E-state index contributed by atoms with van der Waals surface area (Å²) in [7, 11) is 0. The lowest BCUT2D eigenvalue weighted by Gasteiger charge is -2.14. The van der Waals surface area contributed by atoms with Crippen molar-refractivity contribution in [1.29, 1.82) is 0 Å². The molecule has 0 N–H and O–H groups in total. The van der Waals surface area contributed by atoms with E-state index in [-0.39, 0.29) is 5.88 Å². The predicted molar refractivity (Wildman–Crippen MR) is 36.8 cm³/mol. The molecule has 0 aromatic rings. The number of halogens is 3. The molecule has 0 amide bonds. The molecule has 0 aromatic heterocycles. The molecule has 0 aliphatic rings. The van der Waals surface area contributed by atoms with Gasteiger partial charge in [0.1, 0.15) is 0 Å². The summed E-state index contributed by atoms with van der Waals surface area (Å²) < 4.78 is 3.58. The predicted octanol–water partition coefficient (Wildman–Crippen LogP) is 2.39. The second-order valence-corrected chi connectivity index (χ2v) is 2.89. The highest BCUT2D eigenvalue weighted by Crippen LogP contribution is 2.23. The summed E-state index contributed by atoms with van der Waals surface area (Å²) in [5.41, 5.74) is 0. The highest BCUT2D eigenvalue weighted by molar-refractivity contribution is 6.50. The largest absolute Gasteiger partial charge is 0.346 e. The summed E-state index contributed by atoms with van der Waals surface area (Å²) >= 11 is 16.1. The molecule has 8 heavy (non-hydrogen) atoms. The lowest BCUT2D eigenvalue weighted by atomic mass is 10.8. The van der Waals surface area contributed by atoms with Crippen LogP contribution in [-0.4, -0.2) is 17.0 Å². The highest BCUT2D eigenvalue weighted by atomic mass is 35.5. The molecular formula is C4H7Cl3O. The van der Waals surface area contributed by atoms with Crippen molar-refractivity contribution in [3.63, 3.8) is 0 Å².